The lowest BCUT2D eigenvalue weighted by Crippen LogP contribution is -2.31. The predicted molar refractivity (Wildman–Crippen MR) is 81.3 cm³/mol. The molecule has 0 saturated carbocycles. The summed E-state index contributed by atoms with van der Waals surface area (Å²) in [6, 6.07) is 7.02. The van der Waals surface area contributed by atoms with E-state index in [9.17, 15) is 4.39 Å². The molecule has 1 aromatic carbocycles. The monoisotopic (exact) mass is 282 g/mol. The Bertz CT molecular complexity index is 373. The zero-order chi connectivity index (χ0) is 14.8. The molecule has 0 spiro atoms. The van der Waals surface area contributed by atoms with Gasteiger partial charge in [0.1, 0.15) is 5.82 Å². The number of nitrogens with zero attached hydrogens (tertiary/aromatic N) is 1. The molecule has 4 heteroatoms. The number of benzene rings is 1. The summed E-state index contributed by atoms with van der Waals surface area (Å²) in [5, 5.41) is 12.3. The van der Waals surface area contributed by atoms with E-state index in [-0.39, 0.29) is 18.5 Å². The van der Waals surface area contributed by atoms with Gasteiger partial charge < -0.3 is 15.3 Å². The van der Waals surface area contributed by atoms with Crippen LogP contribution in [0.3, 0.4) is 0 Å². The fourth-order valence-electron chi connectivity index (χ4n) is 2.41. The molecule has 3 nitrogen and oxygen atoms in total. The van der Waals surface area contributed by atoms with Crippen LogP contribution >= 0.6 is 0 Å². The zero-order valence-corrected chi connectivity index (χ0v) is 12.6. The normalized spacial score (nSPS) is 12.8. The number of aliphatic hydroxyl groups excluding tert-OH is 1. The molecule has 0 aromatic heterocycles. The highest BCUT2D eigenvalue weighted by Crippen LogP contribution is 2.20. The molecule has 0 heterocycles. The summed E-state index contributed by atoms with van der Waals surface area (Å²) in [6.45, 7) is 7.95. The van der Waals surface area contributed by atoms with Crippen molar-refractivity contribution in [2.24, 2.45) is 0 Å². The maximum atomic E-state index is 13.9. The van der Waals surface area contributed by atoms with E-state index in [0.29, 0.717) is 0 Å². The first-order chi connectivity index (χ1) is 9.72. The molecule has 0 aliphatic rings. The minimum absolute atomic E-state index is 0.0457. The zero-order valence-electron chi connectivity index (χ0n) is 12.6. The van der Waals surface area contributed by atoms with Crippen molar-refractivity contribution in [3.8, 4) is 0 Å². The quantitative estimate of drug-likeness (QED) is 0.692. The standard InChI is InChI=1S/C16H27FN2O/c1-3-18-16(14-8-5-6-9-15(14)17)10-12-19(4-2)11-7-13-20/h5-6,8-9,16,18,20H,3-4,7,10-13H2,1-2H3. The number of halogens is 1. The van der Waals surface area contributed by atoms with E-state index in [0.717, 1.165) is 44.6 Å². The van der Waals surface area contributed by atoms with E-state index in [4.69, 9.17) is 5.11 Å². The van der Waals surface area contributed by atoms with Crippen LogP contribution < -0.4 is 5.32 Å². The average Bonchev–Trinajstić information content (AvgIpc) is 2.47. The molecule has 0 aliphatic carbocycles. The second-order valence-corrected chi connectivity index (χ2v) is 4.93. The summed E-state index contributed by atoms with van der Waals surface area (Å²) in [4.78, 5) is 2.29. The van der Waals surface area contributed by atoms with Gasteiger partial charge in [-0.05, 0) is 38.5 Å². The molecule has 0 radical (unpaired) electrons. The highest BCUT2D eigenvalue weighted by molar-refractivity contribution is 5.21. The summed E-state index contributed by atoms with van der Waals surface area (Å²) in [6.07, 6.45) is 1.66. The van der Waals surface area contributed by atoms with Crippen LogP contribution in [0.15, 0.2) is 24.3 Å². The van der Waals surface area contributed by atoms with E-state index in [1.807, 2.05) is 19.1 Å². The van der Waals surface area contributed by atoms with Gasteiger partial charge in [-0.3, -0.25) is 0 Å². The summed E-state index contributed by atoms with van der Waals surface area (Å²) < 4.78 is 13.9. The van der Waals surface area contributed by atoms with Gasteiger partial charge >= 0.3 is 0 Å². The first kappa shape index (κ1) is 17.1. The fraction of sp³-hybridized carbons (Fsp3) is 0.625. The van der Waals surface area contributed by atoms with Crippen molar-refractivity contribution >= 4 is 0 Å². The van der Waals surface area contributed by atoms with Crippen LogP contribution in [-0.2, 0) is 0 Å². The minimum Gasteiger partial charge on any atom is -0.396 e. The van der Waals surface area contributed by atoms with Crippen LogP contribution in [-0.4, -0.2) is 42.8 Å². The summed E-state index contributed by atoms with van der Waals surface area (Å²) >= 11 is 0. The fourth-order valence-corrected chi connectivity index (χ4v) is 2.41. The van der Waals surface area contributed by atoms with Crippen LogP contribution in [0.4, 0.5) is 4.39 Å². The molecular weight excluding hydrogens is 255 g/mol. The van der Waals surface area contributed by atoms with Crippen molar-refractivity contribution in [2.75, 3.05) is 32.8 Å². The Kier molecular flexibility index (Phi) is 8.42. The number of hydrogen-bond donors (Lipinski definition) is 2. The summed E-state index contributed by atoms with van der Waals surface area (Å²) in [7, 11) is 0. The Morgan fingerprint density at radius 2 is 2.00 bits per heavy atom. The van der Waals surface area contributed by atoms with Crippen LogP contribution in [0.2, 0.25) is 0 Å². The molecule has 114 valence electrons. The van der Waals surface area contributed by atoms with Crippen LogP contribution in [0, 0.1) is 5.82 Å². The van der Waals surface area contributed by atoms with Gasteiger partial charge in [0.2, 0.25) is 0 Å². The Morgan fingerprint density at radius 1 is 1.25 bits per heavy atom. The summed E-state index contributed by atoms with van der Waals surface area (Å²) in [5.74, 6) is -0.142. The molecule has 1 unspecified atom stereocenters. The smallest absolute Gasteiger partial charge is 0.127 e. The molecular formula is C16H27FN2O. The van der Waals surface area contributed by atoms with Crippen molar-refractivity contribution in [3.05, 3.63) is 35.6 Å². The number of nitrogens with one attached hydrogen (secondary N) is 1. The molecule has 20 heavy (non-hydrogen) atoms. The Balaban J connectivity index is 2.61. The Morgan fingerprint density at radius 3 is 2.60 bits per heavy atom. The molecule has 0 aliphatic heterocycles. The Labute approximate surface area is 121 Å². The van der Waals surface area contributed by atoms with E-state index in [2.05, 4.69) is 17.1 Å². The van der Waals surface area contributed by atoms with Crippen molar-refractivity contribution in [2.45, 2.75) is 32.7 Å². The Hall–Kier alpha value is -0.970. The predicted octanol–water partition coefficient (Wildman–Crippen LogP) is 2.57. The number of aliphatic hydroxyl groups is 1. The van der Waals surface area contributed by atoms with E-state index in [1.54, 1.807) is 6.07 Å². The molecule has 0 amide bonds. The molecule has 0 fully saturated rings. The topological polar surface area (TPSA) is 35.5 Å². The first-order valence-electron chi connectivity index (χ1n) is 7.53. The maximum absolute atomic E-state index is 13.9. The lowest BCUT2D eigenvalue weighted by atomic mass is 10.0. The highest BCUT2D eigenvalue weighted by Gasteiger charge is 2.15. The van der Waals surface area contributed by atoms with E-state index in [1.165, 1.54) is 6.07 Å². The van der Waals surface area contributed by atoms with Gasteiger partial charge in [0.25, 0.3) is 0 Å². The number of rotatable bonds is 10. The lowest BCUT2D eigenvalue weighted by molar-refractivity contribution is 0.222. The van der Waals surface area contributed by atoms with E-state index < -0.39 is 0 Å². The second kappa shape index (κ2) is 9.86. The SMILES string of the molecule is CCNC(CCN(CC)CCCO)c1ccccc1F. The maximum Gasteiger partial charge on any atom is 0.127 e. The highest BCUT2D eigenvalue weighted by atomic mass is 19.1. The third kappa shape index (κ3) is 5.57. The average molecular weight is 282 g/mol. The summed E-state index contributed by atoms with van der Waals surface area (Å²) in [5.41, 5.74) is 0.743. The van der Waals surface area contributed by atoms with Gasteiger partial charge in [-0.2, -0.15) is 0 Å². The van der Waals surface area contributed by atoms with Crippen molar-refractivity contribution in [3.63, 3.8) is 0 Å². The molecule has 2 N–H and O–H groups in total. The molecule has 0 saturated heterocycles. The van der Waals surface area contributed by atoms with Gasteiger partial charge in [-0.25, -0.2) is 4.39 Å². The molecule has 1 aromatic rings. The van der Waals surface area contributed by atoms with Crippen molar-refractivity contribution < 1.29 is 9.50 Å². The molecule has 0 bridgehead atoms. The van der Waals surface area contributed by atoms with Gasteiger partial charge in [-0.15, -0.1) is 0 Å². The molecule has 1 rings (SSSR count). The van der Waals surface area contributed by atoms with Gasteiger partial charge in [0, 0.05) is 24.8 Å². The third-order valence-electron chi connectivity index (χ3n) is 3.54. The van der Waals surface area contributed by atoms with Gasteiger partial charge in [0.15, 0.2) is 0 Å². The van der Waals surface area contributed by atoms with Gasteiger partial charge in [-0.1, -0.05) is 32.0 Å². The second-order valence-electron chi connectivity index (χ2n) is 4.93. The minimum atomic E-state index is -0.142. The van der Waals surface area contributed by atoms with Crippen molar-refractivity contribution in [1.82, 2.24) is 10.2 Å². The number of hydrogen-bond acceptors (Lipinski definition) is 3. The van der Waals surface area contributed by atoms with Crippen LogP contribution in [0.1, 0.15) is 38.3 Å². The van der Waals surface area contributed by atoms with Crippen LogP contribution in [0.5, 0.6) is 0 Å². The molecule has 1 atom stereocenters. The van der Waals surface area contributed by atoms with Gasteiger partial charge in [0.05, 0.1) is 0 Å². The third-order valence-corrected chi connectivity index (χ3v) is 3.54. The van der Waals surface area contributed by atoms with Crippen LogP contribution in [0.25, 0.3) is 0 Å². The van der Waals surface area contributed by atoms with E-state index >= 15 is 0 Å². The van der Waals surface area contributed by atoms with Crippen molar-refractivity contribution in [1.29, 1.82) is 0 Å². The first-order valence-corrected chi connectivity index (χ1v) is 7.53. The lowest BCUT2D eigenvalue weighted by Gasteiger charge is -2.24. The largest absolute Gasteiger partial charge is 0.396 e.